The highest BCUT2D eigenvalue weighted by atomic mass is 79.9. The maximum absolute atomic E-state index is 12.7. The lowest BCUT2D eigenvalue weighted by Gasteiger charge is -2.30. The number of piperidine rings is 1. The lowest BCUT2D eigenvalue weighted by molar-refractivity contribution is -0.127. The molecule has 2 aromatic rings. The lowest BCUT2D eigenvalue weighted by atomic mass is 9.89. The van der Waals surface area contributed by atoms with Gasteiger partial charge in [-0.05, 0) is 54.8 Å². The van der Waals surface area contributed by atoms with Crippen LogP contribution in [-0.2, 0) is 4.79 Å². The second-order valence-electron chi connectivity index (χ2n) is 6.55. The van der Waals surface area contributed by atoms with Crippen LogP contribution in [0.5, 0.6) is 5.75 Å². The van der Waals surface area contributed by atoms with Crippen molar-refractivity contribution in [1.82, 2.24) is 4.90 Å². The fourth-order valence-corrected chi connectivity index (χ4v) is 3.65. The van der Waals surface area contributed by atoms with E-state index in [0.29, 0.717) is 31.5 Å². The van der Waals surface area contributed by atoms with Gasteiger partial charge in [-0.3, -0.25) is 9.59 Å². The van der Waals surface area contributed by atoms with E-state index in [4.69, 9.17) is 4.74 Å². The van der Waals surface area contributed by atoms with Crippen LogP contribution in [-0.4, -0.2) is 36.8 Å². The van der Waals surface area contributed by atoms with Gasteiger partial charge in [-0.15, -0.1) is 0 Å². The number of carbonyl (C=O) groups is 2. The number of nitrogens with zero attached hydrogens (tertiary/aromatic N) is 1. The molecule has 0 atom stereocenters. The van der Waals surface area contributed by atoms with Crippen LogP contribution in [0, 0.1) is 5.92 Å². The molecule has 1 aliphatic heterocycles. The van der Waals surface area contributed by atoms with Crippen molar-refractivity contribution in [2.45, 2.75) is 12.8 Å². The first-order valence-electron chi connectivity index (χ1n) is 8.98. The number of ether oxygens (including phenoxy) is 1. The second kappa shape index (κ2) is 9.00. The second-order valence-corrected chi connectivity index (χ2v) is 7.40. The van der Waals surface area contributed by atoms with Gasteiger partial charge in [0.25, 0.3) is 0 Å². The number of rotatable bonds is 5. The molecule has 0 N–H and O–H groups in total. The summed E-state index contributed by atoms with van der Waals surface area (Å²) >= 11 is 3.48. The molecule has 4 nitrogen and oxygen atoms in total. The Bertz CT molecular complexity index is 837. The normalized spacial score (nSPS) is 15.1. The molecule has 0 unspecified atom stereocenters. The minimum absolute atomic E-state index is 0.0129. The molecule has 1 saturated heterocycles. The molecule has 0 spiro atoms. The number of benzene rings is 2. The van der Waals surface area contributed by atoms with Crippen molar-refractivity contribution in [3.63, 3.8) is 0 Å². The van der Waals surface area contributed by atoms with Crippen molar-refractivity contribution in [2.75, 3.05) is 20.2 Å². The highest BCUT2D eigenvalue weighted by Gasteiger charge is 2.27. The number of carbonyl (C=O) groups excluding carboxylic acids is 2. The highest BCUT2D eigenvalue weighted by molar-refractivity contribution is 9.10. The zero-order chi connectivity index (χ0) is 19.2. The topological polar surface area (TPSA) is 46.6 Å². The number of hydrogen-bond donors (Lipinski definition) is 0. The summed E-state index contributed by atoms with van der Waals surface area (Å²) in [5.41, 5.74) is 1.67. The molecule has 27 heavy (non-hydrogen) atoms. The summed E-state index contributed by atoms with van der Waals surface area (Å²) in [5.74, 6) is 0.841. The van der Waals surface area contributed by atoms with Gasteiger partial charge in [0, 0.05) is 35.1 Å². The average molecular weight is 428 g/mol. The summed E-state index contributed by atoms with van der Waals surface area (Å²) in [6.45, 7) is 1.21. The van der Waals surface area contributed by atoms with E-state index in [2.05, 4.69) is 15.9 Å². The molecule has 0 aromatic heterocycles. The van der Waals surface area contributed by atoms with E-state index >= 15 is 0 Å². The molecule has 5 heteroatoms. The first-order chi connectivity index (χ1) is 13.1. The van der Waals surface area contributed by atoms with Crippen LogP contribution in [0.25, 0.3) is 6.08 Å². The van der Waals surface area contributed by atoms with Crippen LogP contribution >= 0.6 is 15.9 Å². The molecule has 1 heterocycles. The SMILES string of the molecule is COc1ccc(C(=O)C2CCN(C(=O)/C=C/c3ccccc3Br)CC2)cc1. The molecule has 140 valence electrons. The summed E-state index contributed by atoms with van der Waals surface area (Å²) in [5, 5.41) is 0. The number of hydrogen-bond acceptors (Lipinski definition) is 3. The van der Waals surface area contributed by atoms with Gasteiger partial charge in [0.1, 0.15) is 5.75 Å². The first kappa shape index (κ1) is 19.4. The third kappa shape index (κ3) is 4.86. The summed E-state index contributed by atoms with van der Waals surface area (Å²) in [4.78, 5) is 26.9. The molecule has 0 bridgehead atoms. The molecule has 1 amide bonds. The van der Waals surface area contributed by atoms with E-state index < -0.39 is 0 Å². The Hall–Kier alpha value is -2.40. The number of methoxy groups -OCH3 is 1. The van der Waals surface area contributed by atoms with Crippen molar-refractivity contribution in [2.24, 2.45) is 5.92 Å². The Morgan fingerprint density at radius 3 is 2.37 bits per heavy atom. The van der Waals surface area contributed by atoms with Crippen LogP contribution in [0.4, 0.5) is 0 Å². The van der Waals surface area contributed by atoms with E-state index in [1.54, 1.807) is 37.5 Å². The molecule has 0 saturated carbocycles. The zero-order valence-electron chi connectivity index (χ0n) is 15.2. The zero-order valence-corrected chi connectivity index (χ0v) is 16.8. The Labute approximate surface area is 168 Å². The number of ketones is 1. The Balaban J connectivity index is 1.55. The van der Waals surface area contributed by atoms with Gasteiger partial charge in [-0.25, -0.2) is 0 Å². The molecular weight excluding hydrogens is 406 g/mol. The quantitative estimate of drug-likeness (QED) is 0.517. The van der Waals surface area contributed by atoms with E-state index in [9.17, 15) is 9.59 Å². The third-order valence-electron chi connectivity index (χ3n) is 4.86. The maximum Gasteiger partial charge on any atom is 0.246 e. The fraction of sp³-hybridized carbons (Fsp3) is 0.273. The monoisotopic (exact) mass is 427 g/mol. The summed E-state index contributed by atoms with van der Waals surface area (Å²) in [7, 11) is 1.61. The molecule has 1 aliphatic rings. The maximum atomic E-state index is 12.7. The van der Waals surface area contributed by atoms with Gasteiger partial charge in [-0.2, -0.15) is 0 Å². The van der Waals surface area contributed by atoms with E-state index in [1.807, 2.05) is 35.2 Å². The van der Waals surface area contributed by atoms with Crippen LogP contribution in [0.3, 0.4) is 0 Å². The van der Waals surface area contributed by atoms with Crippen molar-refractivity contribution >= 4 is 33.7 Å². The van der Waals surface area contributed by atoms with Gasteiger partial charge in [-0.1, -0.05) is 34.1 Å². The van der Waals surface area contributed by atoms with E-state index in [1.165, 1.54) is 0 Å². The minimum atomic E-state index is -0.0327. The van der Waals surface area contributed by atoms with Gasteiger partial charge in [0.2, 0.25) is 5.91 Å². The third-order valence-corrected chi connectivity index (χ3v) is 5.58. The lowest BCUT2D eigenvalue weighted by Crippen LogP contribution is -2.39. The summed E-state index contributed by atoms with van der Waals surface area (Å²) < 4.78 is 6.09. The van der Waals surface area contributed by atoms with Crippen molar-refractivity contribution < 1.29 is 14.3 Å². The van der Waals surface area contributed by atoms with Crippen LogP contribution < -0.4 is 4.74 Å². The first-order valence-corrected chi connectivity index (χ1v) is 9.77. The minimum Gasteiger partial charge on any atom is -0.497 e. The van der Waals surface area contributed by atoms with Crippen molar-refractivity contribution in [3.05, 3.63) is 70.2 Å². The molecular formula is C22H22BrNO3. The van der Waals surface area contributed by atoms with E-state index in [0.717, 1.165) is 15.8 Å². The van der Waals surface area contributed by atoms with Gasteiger partial charge < -0.3 is 9.64 Å². The predicted octanol–water partition coefficient (Wildman–Crippen LogP) is 4.59. The number of likely N-dealkylation sites (tertiary alicyclic amines) is 1. The molecule has 0 aliphatic carbocycles. The van der Waals surface area contributed by atoms with E-state index in [-0.39, 0.29) is 17.6 Å². The molecule has 2 aromatic carbocycles. The smallest absolute Gasteiger partial charge is 0.246 e. The van der Waals surface area contributed by atoms with Crippen molar-refractivity contribution in [1.29, 1.82) is 0 Å². The Kier molecular flexibility index (Phi) is 6.45. The number of amides is 1. The highest BCUT2D eigenvalue weighted by Crippen LogP contribution is 2.24. The largest absolute Gasteiger partial charge is 0.497 e. The fourth-order valence-electron chi connectivity index (χ4n) is 3.23. The predicted molar refractivity (Wildman–Crippen MR) is 110 cm³/mol. The van der Waals surface area contributed by atoms with Crippen LogP contribution in [0.2, 0.25) is 0 Å². The molecule has 0 radical (unpaired) electrons. The van der Waals surface area contributed by atoms with Crippen LogP contribution in [0.15, 0.2) is 59.1 Å². The summed E-state index contributed by atoms with van der Waals surface area (Å²) in [6, 6.07) is 15.0. The van der Waals surface area contributed by atoms with Gasteiger partial charge in [0.15, 0.2) is 5.78 Å². The van der Waals surface area contributed by atoms with Gasteiger partial charge >= 0.3 is 0 Å². The van der Waals surface area contributed by atoms with Crippen molar-refractivity contribution in [3.8, 4) is 5.75 Å². The average Bonchev–Trinajstić information content (AvgIpc) is 2.72. The standard InChI is InChI=1S/C22H22BrNO3/c1-27-19-9-6-17(7-10-19)22(26)18-12-14-24(15-13-18)21(25)11-8-16-4-2-3-5-20(16)23/h2-11,18H,12-15H2,1H3/b11-8+. The summed E-state index contributed by atoms with van der Waals surface area (Å²) in [6.07, 6.45) is 4.81. The molecule has 3 rings (SSSR count). The Morgan fingerprint density at radius 2 is 1.74 bits per heavy atom. The number of halogens is 1. The Morgan fingerprint density at radius 1 is 1.07 bits per heavy atom. The number of Topliss-reactive ketones (excluding diaryl/α,β-unsaturated/α-hetero) is 1. The molecule has 1 fully saturated rings. The van der Waals surface area contributed by atoms with Crippen LogP contribution in [0.1, 0.15) is 28.8 Å². The van der Waals surface area contributed by atoms with Gasteiger partial charge in [0.05, 0.1) is 7.11 Å².